The van der Waals surface area contributed by atoms with Crippen molar-refractivity contribution in [3.05, 3.63) is 12.0 Å². The van der Waals surface area contributed by atoms with Gasteiger partial charge in [-0.2, -0.15) is 4.39 Å². The molecule has 1 aliphatic rings. The zero-order chi connectivity index (χ0) is 7.61. The van der Waals surface area contributed by atoms with Gasteiger partial charge in [0.15, 0.2) is 0 Å². The van der Waals surface area contributed by atoms with Crippen LogP contribution < -0.4 is 56.5 Å². The second-order valence-electron chi connectivity index (χ2n) is 2.17. The average Bonchev–Trinajstić information content (AvgIpc) is 1.90. The summed E-state index contributed by atoms with van der Waals surface area (Å²) in [6, 6.07) is 0. The Bertz CT molecular complexity index is 223. The summed E-state index contributed by atoms with van der Waals surface area (Å²) in [6.07, 6.45) is 2.98. The molecule has 0 N–H and O–H groups in total. The second-order valence-corrected chi connectivity index (χ2v) is 2.17. The summed E-state index contributed by atoms with van der Waals surface area (Å²) < 4.78 is 12.3. The smallest absolute Gasteiger partial charge is 0.842 e. The van der Waals surface area contributed by atoms with Crippen molar-refractivity contribution in [1.82, 2.24) is 0 Å². The predicted octanol–water partition coefficient (Wildman–Crippen LogP) is -2.97. The van der Waals surface area contributed by atoms with E-state index in [0.717, 1.165) is 18.6 Å². The number of halogens is 1. The Hall–Kier alpha value is 0.606. The van der Waals surface area contributed by atoms with Crippen molar-refractivity contribution in [1.29, 1.82) is 0 Å². The van der Waals surface area contributed by atoms with Crippen LogP contribution >= 0.6 is 0 Å². The quantitative estimate of drug-likeness (QED) is 0.290. The summed E-state index contributed by atoms with van der Waals surface area (Å²) in [5.41, 5.74) is -1.57. The molecule has 1 heterocycles. The molecule has 3 nitrogen and oxygen atoms in total. The Morgan fingerprint density at radius 3 is 2.91 bits per heavy atom. The van der Waals surface area contributed by atoms with E-state index < -0.39 is 11.6 Å². The molecule has 1 atom stereocenters. The van der Waals surface area contributed by atoms with Crippen LogP contribution in [0.4, 0.5) is 4.39 Å². The van der Waals surface area contributed by atoms with Crippen molar-refractivity contribution < 1.29 is 60.9 Å². The fourth-order valence-corrected chi connectivity index (χ4v) is 0.581. The molecule has 0 aromatic rings. The Labute approximate surface area is 107 Å². The van der Waals surface area contributed by atoms with E-state index in [9.17, 15) is 9.50 Å². The third-order valence-electron chi connectivity index (χ3n) is 0.984. The number of aliphatic imine (C=N–C) groups is 2. The van der Waals surface area contributed by atoms with Crippen molar-refractivity contribution >= 4 is 12.6 Å². The maximum absolute atomic E-state index is 12.3. The molecule has 0 spiro atoms. The molecule has 1 rings (SSSR count). The maximum atomic E-state index is 12.3. The van der Waals surface area contributed by atoms with E-state index in [4.69, 9.17) is 0 Å². The van der Waals surface area contributed by atoms with Gasteiger partial charge in [0.05, 0.1) is 0 Å². The van der Waals surface area contributed by atoms with Crippen LogP contribution in [0.5, 0.6) is 0 Å². The Morgan fingerprint density at radius 2 is 2.27 bits per heavy atom. The van der Waals surface area contributed by atoms with Crippen LogP contribution in [0.2, 0.25) is 0 Å². The number of hydrogen-bond acceptors (Lipinski definition) is 3. The number of rotatable bonds is 0. The van der Waals surface area contributed by atoms with Crippen LogP contribution in [0.25, 0.3) is 0 Å². The average molecular weight is 180 g/mol. The van der Waals surface area contributed by atoms with E-state index >= 15 is 0 Å². The van der Waals surface area contributed by atoms with Gasteiger partial charge in [-0.3, -0.25) is 0 Å². The number of nitrogens with zero attached hydrogens (tertiary/aromatic N) is 2. The van der Waals surface area contributed by atoms with E-state index in [1.54, 1.807) is 0 Å². The molecule has 11 heavy (non-hydrogen) atoms. The second kappa shape index (κ2) is 4.59. The normalized spacial score (nSPS) is 28.8. The molecule has 0 fully saturated rings. The first-order valence-corrected chi connectivity index (χ1v) is 2.76. The topological polar surface area (TPSA) is 47.8 Å². The molecule has 0 amide bonds. The molecular weight excluding hydrogens is 174 g/mol. The van der Waals surface area contributed by atoms with Gasteiger partial charge in [0.1, 0.15) is 6.34 Å². The van der Waals surface area contributed by atoms with E-state index in [1.807, 2.05) is 0 Å². The Kier molecular flexibility index (Phi) is 4.84. The van der Waals surface area contributed by atoms with Crippen molar-refractivity contribution in [2.45, 2.75) is 12.5 Å². The first-order valence-electron chi connectivity index (χ1n) is 2.76. The molecular formula is C6H6FKN2O. The molecule has 0 bridgehead atoms. The molecule has 1 aliphatic heterocycles. The minimum absolute atomic E-state index is 0. The Morgan fingerprint density at radius 1 is 1.64 bits per heavy atom. The van der Waals surface area contributed by atoms with Crippen LogP contribution in [0.1, 0.15) is 6.92 Å². The van der Waals surface area contributed by atoms with Crippen molar-refractivity contribution in [3.63, 3.8) is 0 Å². The van der Waals surface area contributed by atoms with Gasteiger partial charge in [-0.05, 0) is 12.3 Å². The molecule has 0 saturated carbocycles. The summed E-state index contributed by atoms with van der Waals surface area (Å²) in [5, 5.41) is 11.0. The summed E-state index contributed by atoms with van der Waals surface area (Å²) in [5.74, 6) is -0.782. The fourth-order valence-electron chi connectivity index (χ4n) is 0.581. The van der Waals surface area contributed by atoms with Crippen molar-refractivity contribution in [3.8, 4) is 0 Å². The van der Waals surface area contributed by atoms with Gasteiger partial charge in [0.25, 0.3) is 0 Å². The summed E-state index contributed by atoms with van der Waals surface area (Å²) in [6.45, 7) is 1.31. The number of hydrogen-bond donors (Lipinski definition) is 0. The SMILES string of the molecule is CC1([O-])C=NC=NC(F)=C1.[K+]. The van der Waals surface area contributed by atoms with Crippen LogP contribution in [0.15, 0.2) is 22.0 Å². The summed E-state index contributed by atoms with van der Waals surface area (Å²) in [4.78, 5) is 6.64. The zero-order valence-electron chi connectivity index (χ0n) is 6.41. The molecule has 0 aromatic heterocycles. The standard InChI is InChI=1S/C6H6FN2O.K/c1-6(10)2-5(7)9-4-8-3-6;/h2-4H,1H3;/q-1;+1. The van der Waals surface area contributed by atoms with Crippen LogP contribution in [0.3, 0.4) is 0 Å². The van der Waals surface area contributed by atoms with E-state index in [-0.39, 0.29) is 51.4 Å². The predicted molar refractivity (Wildman–Crippen MR) is 34.6 cm³/mol. The molecule has 0 aliphatic carbocycles. The van der Waals surface area contributed by atoms with Crippen molar-refractivity contribution in [2.75, 3.05) is 0 Å². The third-order valence-corrected chi connectivity index (χ3v) is 0.984. The van der Waals surface area contributed by atoms with E-state index in [1.165, 1.54) is 6.92 Å². The van der Waals surface area contributed by atoms with E-state index in [0.29, 0.717) is 0 Å². The van der Waals surface area contributed by atoms with E-state index in [2.05, 4.69) is 9.98 Å². The van der Waals surface area contributed by atoms with Gasteiger partial charge in [-0.1, -0.05) is 12.5 Å². The van der Waals surface area contributed by atoms with Gasteiger partial charge >= 0.3 is 51.4 Å². The van der Waals surface area contributed by atoms with Gasteiger partial charge < -0.3 is 5.11 Å². The Balaban J connectivity index is 0.000001000. The minimum Gasteiger partial charge on any atom is -0.842 e. The maximum Gasteiger partial charge on any atom is 1.00 e. The summed E-state index contributed by atoms with van der Waals surface area (Å²) >= 11 is 0. The monoisotopic (exact) mass is 180 g/mol. The molecule has 5 heteroatoms. The van der Waals surface area contributed by atoms with Crippen LogP contribution in [-0.2, 0) is 0 Å². The third kappa shape index (κ3) is 4.24. The van der Waals surface area contributed by atoms with Gasteiger partial charge in [0, 0.05) is 0 Å². The van der Waals surface area contributed by atoms with Gasteiger partial charge in [-0.25, -0.2) is 9.98 Å². The molecule has 0 aromatic carbocycles. The first-order chi connectivity index (χ1) is 4.60. The molecule has 54 valence electrons. The first kappa shape index (κ1) is 11.6. The molecule has 0 saturated heterocycles. The minimum atomic E-state index is -1.57. The van der Waals surface area contributed by atoms with Gasteiger partial charge in [-0.15, -0.1) is 0 Å². The van der Waals surface area contributed by atoms with Crippen LogP contribution in [0, 0.1) is 0 Å². The molecule has 1 unspecified atom stereocenters. The summed E-state index contributed by atoms with van der Waals surface area (Å²) in [7, 11) is 0. The largest absolute Gasteiger partial charge is 1.00 e. The van der Waals surface area contributed by atoms with Gasteiger partial charge in [0.2, 0.25) is 5.95 Å². The van der Waals surface area contributed by atoms with Crippen LogP contribution in [-0.4, -0.2) is 18.2 Å². The van der Waals surface area contributed by atoms with Crippen molar-refractivity contribution in [2.24, 2.45) is 9.98 Å². The zero-order valence-corrected chi connectivity index (χ0v) is 9.54. The molecule has 0 radical (unpaired) electrons. The fraction of sp³-hybridized carbons (Fsp3) is 0.333.